The van der Waals surface area contributed by atoms with Crippen molar-refractivity contribution in [3.8, 4) is 0 Å². The van der Waals surface area contributed by atoms with Crippen molar-refractivity contribution in [1.82, 2.24) is 15.5 Å². The number of aliphatic carboxylic acids is 2. The van der Waals surface area contributed by atoms with E-state index >= 15 is 0 Å². The smallest absolute Gasteiger partial charge is 0.326 e. The van der Waals surface area contributed by atoms with Crippen molar-refractivity contribution < 1.29 is 34.2 Å². The van der Waals surface area contributed by atoms with Crippen LogP contribution in [0, 0.1) is 0 Å². The summed E-state index contributed by atoms with van der Waals surface area (Å²) in [5, 5.41) is 25.3. The zero-order valence-corrected chi connectivity index (χ0v) is 14.8. The molecule has 1 saturated heterocycles. The van der Waals surface area contributed by atoms with Crippen LogP contribution in [0.5, 0.6) is 0 Å². The molecule has 1 heterocycles. The number of hydrogen-bond donors (Lipinski definition) is 5. The third-order valence-corrected chi connectivity index (χ3v) is 3.91. The van der Waals surface area contributed by atoms with Crippen LogP contribution in [0.1, 0.15) is 16.8 Å². The van der Waals surface area contributed by atoms with Crippen LogP contribution in [0.3, 0.4) is 0 Å². The molecule has 0 radical (unpaired) electrons. The Labute approximate surface area is 159 Å². The van der Waals surface area contributed by atoms with Crippen LogP contribution in [0.15, 0.2) is 24.3 Å². The summed E-state index contributed by atoms with van der Waals surface area (Å²) in [6, 6.07) is 4.15. The topological polar surface area (TPSA) is 165 Å². The first-order valence-corrected chi connectivity index (χ1v) is 8.40. The molecule has 11 heteroatoms. The number of anilines is 1. The summed E-state index contributed by atoms with van der Waals surface area (Å²) in [7, 11) is 0. The van der Waals surface area contributed by atoms with E-state index in [1.54, 1.807) is 0 Å². The van der Waals surface area contributed by atoms with Crippen molar-refractivity contribution >= 4 is 35.3 Å². The van der Waals surface area contributed by atoms with Gasteiger partial charge in [0.2, 0.25) is 11.8 Å². The molecule has 0 bridgehead atoms. The Morgan fingerprint density at radius 3 is 2.61 bits per heavy atom. The van der Waals surface area contributed by atoms with E-state index in [-0.39, 0.29) is 30.2 Å². The number of carboxylic acids is 2. The number of benzene rings is 1. The highest BCUT2D eigenvalue weighted by atomic mass is 16.4. The van der Waals surface area contributed by atoms with Crippen molar-refractivity contribution in [3.63, 3.8) is 0 Å². The molecule has 1 atom stereocenters. The third kappa shape index (κ3) is 6.06. The maximum atomic E-state index is 12.2. The van der Waals surface area contributed by atoms with Crippen molar-refractivity contribution in [2.45, 2.75) is 12.5 Å². The lowest BCUT2D eigenvalue weighted by atomic mass is 10.1. The van der Waals surface area contributed by atoms with E-state index in [9.17, 15) is 24.0 Å². The van der Waals surface area contributed by atoms with Crippen LogP contribution >= 0.6 is 0 Å². The molecule has 2 rings (SSSR count). The minimum absolute atomic E-state index is 0.0488. The average Bonchev–Trinajstić information content (AvgIpc) is 2.62. The fraction of sp³-hybridized carbons (Fsp3) is 0.353. The molecule has 11 nitrogen and oxygen atoms in total. The highest BCUT2D eigenvalue weighted by Gasteiger charge is 2.24. The highest BCUT2D eigenvalue weighted by Crippen LogP contribution is 2.11. The van der Waals surface area contributed by atoms with Gasteiger partial charge in [0.15, 0.2) is 0 Å². The van der Waals surface area contributed by atoms with Crippen LogP contribution in [-0.2, 0) is 19.2 Å². The van der Waals surface area contributed by atoms with Gasteiger partial charge in [-0.1, -0.05) is 6.07 Å². The Kier molecular flexibility index (Phi) is 7.04. The van der Waals surface area contributed by atoms with Crippen LogP contribution in [0.4, 0.5) is 5.69 Å². The summed E-state index contributed by atoms with van der Waals surface area (Å²) >= 11 is 0. The number of hydrogen-bond acceptors (Lipinski definition) is 6. The molecule has 0 aliphatic carbocycles. The van der Waals surface area contributed by atoms with Gasteiger partial charge in [-0.3, -0.25) is 19.2 Å². The number of carbonyl (C=O) groups excluding carboxylic acids is 3. The second-order valence-electron chi connectivity index (χ2n) is 6.08. The van der Waals surface area contributed by atoms with Gasteiger partial charge in [-0.15, -0.1) is 0 Å². The minimum atomic E-state index is -1.58. The number of carboxylic acid groups (broad SMARTS) is 2. The molecule has 5 N–H and O–H groups in total. The number of carbonyl (C=O) groups is 5. The summed E-state index contributed by atoms with van der Waals surface area (Å²) in [4.78, 5) is 59.2. The SMILES string of the molecule is O=C(O)C[C@H](NC(=O)c1cccc(NC(=O)CN2CCNCC2=O)c1)C(=O)O. The van der Waals surface area contributed by atoms with Gasteiger partial charge in [0.25, 0.3) is 5.91 Å². The zero-order valence-electron chi connectivity index (χ0n) is 14.8. The van der Waals surface area contributed by atoms with Crippen LogP contribution in [-0.4, -0.2) is 77.0 Å². The number of amides is 3. The fourth-order valence-corrected chi connectivity index (χ4v) is 2.54. The maximum Gasteiger partial charge on any atom is 0.326 e. The molecule has 28 heavy (non-hydrogen) atoms. The predicted molar refractivity (Wildman–Crippen MR) is 95.7 cm³/mol. The summed E-state index contributed by atoms with van der Waals surface area (Å²) in [5.41, 5.74) is 0.332. The van der Waals surface area contributed by atoms with E-state index in [0.29, 0.717) is 13.1 Å². The predicted octanol–water partition coefficient (Wildman–Crippen LogP) is -1.29. The van der Waals surface area contributed by atoms with Crippen molar-refractivity contribution in [3.05, 3.63) is 29.8 Å². The monoisotopic (exact) mass is 392 g/mol. The van der Waals surface area contributed by atoms with Crippen molar-refractivity contribution in [2.75, 3.05) is 31.5 Å². The summed E-state index contributed by atoms with van der Waals surface area (Å²) < 4.78 is 0. The molecule has 1 aromatic rings. The Bertz CT molecular complexity index is 795. The van der Waals surface area contributed by atoms with E-state index in [0.717, 1.165) is 0 Å². The lowest BCUT2D eigenvalue weighted by molar-refractivity contribution is -0.145. The normalized spacial score (nSPS) is 14.9. The molecule has 1 fully saturated rings. The molecule has 3 amide bonds. The lowest BCUT2D eigenvalue weighted by Gasteiger charge is -2.26. The van der Waals surface area contributed by atoms with Gasteiger partial charge in [-0.2, -0.15) is 0 Å². The van der Waals surface area contributed by atoms with Crippen molar-refractivity contribution in [1.29, 1.82) is 0 Å². The molecule has 1 aromatic carbocycles. The maximum absolute atomic E-state index is 12.2. The molecule has 150 valence electrons. The summed E-state index contributed by atoms with van der Waals surface area (Å²) in [6.07, 6.45) is -0.768. The zero-order chi connectivity index (χ0) is 20.7. The quantitative estimate of drug-likeness (QED) is 0.365. The molecule has 1 aliphatic rings. The fourth-order valence-electron chi connectivity index (χ4n) is 2.54. The van der Waals surface area contributed by atoms with Crippen molar-refractivity contribution in [2.24, 2.45) is 0 Å². The van der Waals surface area contributed by atoms with E-state index in [4.69, 9.17) is 10.2 Å². The molecule has 0 saturated carbocycles. The first-order chi connectivity index (χ1) is 13.3. The standard InChI is InChI=1S/C17H20N4O7/c22-13(9-21-5-4-18-8-14(21)23)19-11-3-1-2-10(6-11)16(26)20-12(17(27)28)7-15(24)25/h1-3,6,12,18H,4-5,7-9H2,(H,19,22)(H,20,26)(H,24,25)(H,27,28)/t12-/m0/s1. The molecule has 1 aliphatic heterocycles. The Morgan fingerprint density at radius 2 is 1.96 bits per heavy atom. The van der Waals surface area contributed by atoms with Gasteiger partial charge >= 0.3 is 11.9 Å². The van der Waals surface area contributed by atoms with Gasteiger partial charge in [-0.05, 0) is 18.2 Å². The minimum Gasteiger partial charge on any atom is -0.481 e. The molecule has 0 unspecified atom stereocenters. The van der Waals surface area contributed by atoms with E-state index in [1.807, 2.05) is 0 Å². The van der Waals surface area contributed by atoms with Gasteiger partial charge < -0.3 is 31.1 Å². The number of piperazine rings is 1. The lowest BCUT2D eigenvalue weighted by Crippen LogP contribution is -2.50. The van der Waals surface area contributed by atoms with E-state index in [1.165, 1.54) is 29.2 Å². The molecule has 0 spiro atoms. The average molecular weight is 392 g/mol. The largest absolute Gasteiger partial charge is 0.481 e. The Hall–Kier alpha value is -3.47. The number of nitrogens with one attached hydrogen (secondary N) is 3. The van der Waals surface area contributed by atoms with Crippen LogP contribution in [0.25, 0.3) is 0 Å². The van der Waals surface area contributed by atoms with Gasteiger partial charge in [-0.25, -0.2) is 4.79 Å². The number of nitrogens with zero attached hydrogens (tertiary/aromatic N) is 1. The van der Waals surface area contributed by atoms with Crippen LogP contribution < -0.4 is 16.0 Å². The van der Waals surface area contributed by atoms with Gasteiger partial charge in [0.05, 0.1) is 19.5 Å². The second kappa shape index (κ2) is 9.46. The summed E-state index contributed by atoms with van der Waals surface area (Å²) in [5.74, 6) is -4.26. The third-order valence-electron chi connectivity index (χ3n) is 3.91. The molecular formula is C17H20N4O7. The highest BCUT2D eigenvalue weighted by molar-refractivity contribution is 6.00. The van der Waals surface area contributed by atoms with Crippen LogP contribution in [0.2, 0.25) is 0 Å². The Balaban J connectivity index is 1.99. The molecular weight excluding hydrogens is 372 g/mol. The first-order valence-electron chi connectivity index (χ1n) is 8.40. The second-order valence-corrected chi connectivity index (χ2v) is 6.08. The molecule has 0 aromatic heterocycles. The van der Waals surface area contributed by atoms with Gasteiger partial charge in [0.1, 0.15) is 6.04 Å². The number of rotatable bonds is 8. The van der Waals surface area contributed by atoms with E-state index < -0.39 is 36.2 Å². The van der Waals surface area contributed by atoms with E-state index in [2.05, 4.69) is 16.0 Å². The van der Waals surface area contributed by atoms with Gasteiger partial charge in [0, 0.05) is 24.3 Å². The first kappa shape index (κ1) is 20.8. The Morgan fingerprint density at radius 1 is 1.21 bits per heavy atom. The summed E-state index contributed by atoms with van der Waals surface area (Å²) in [6.45, 7) is 1.05.